The number of nitrogens with one attached hydrogen (secondary N) is 1. The van der Waals surface area contributed by atoms with Crippen molar-refractivity contribution in [2.45, 2.75) is 40.5 Å². The van der Waals surface area contributed by atoms with Crippen LogP contribution in [0.2, 0.25) is 0 Å². The van der Waals surface area contributed by atoms with E-state index in [-0.39, 0.29) is 28.8 Å². The third-order valence-corrected chi connectivity index (χ3v) is 4.00. The van der Waals surface area contributed by atoms with E-state index in [4.69, 9.17) is 0 Å². The average Bonchev–Trinajstić information content (AvgIpc) is 2.11. The molecule has 2 atom stereocenters. The van der Waals surface area contributed by atoms with E-state index in [9.17, 15) is 9.59 Å². The molecule has 1 aliphatic heterocycles. The molecule has 1 aliphatic carbocycles. The molecular formula is C15H21NO2. The van der Waals surface area contributed by atoms with E-state index in [1.807, 2.05) is 6.92 Å². The van der Waals surface area contributed by atoms with Gasteiger partial charge in [-0.15, -0.1) is 0 Å². The highest BCUT2D eigenvalue weighted by Crippen LogP contribution is 2.43. The zero-order valence-electron chi connectivity index (χ0n) is 11.6. The minimum atomic E-state index is -0.270. The van der Waals surface area contributed by atoms with Crippen molar-refractivity contribution in [1.29, 1.82) is 0 Å². The monoisotopic (exact) mass is 247 g/mol. The Morgan fingerprint density at radius 1 is 1.39 bits per heavy atom. The molecule has 0 amide bonds. The van der Waals surface area contributed by atoms with Crippen molar-refractivity contribution < 1.29 is 9.59 Å². The molecule has 0 saturated heterocycles. The fraction of sp³-hybridized carbons (Fsp3) is 0.600. The van der Waals surface area contributed by atoms with Crippen LogP contribution < -0.4 is 5.32 Å². The van der Waals surface area contributed by atoms with Gasteiger partial charge in [-0.05, 0) is 18.8 Å². The van der Waals surface area contributed by atoms with Crippen LogP contribution in [0.15, 0.2) is 23.5 Å². The van der Waals surface area contributed by atoms with Crippen molar-refractivity contribution in [3.05, 3.63) is 23.5 Å². The molecule has 3 heteroatoms. The number of Topliss-reactive ketones (excluding diaryl/α,β-unsaturated/α-hetero) is 2. The van der Waals surface area contributed by atoms with Crippen LogP contribution in [0.25, 0.3) is 0 Å². The Bertz CT molecular complexity index is 471. The number of hydrogen-bond acceptors (Lipinski definition) is 3. The van der Waals surface area contributed by atoms with E-state index >= 15 is 0 Å². The van der Waals surface area contributed by atoms with Crippen LogP contribution in [0, 0.1) is 17.3 Å². The summed E-state index contributed by atoms with van der Waals surface area (Å²) in [6.45, 7) is 11.7. The molecule has 1 N–H and O–H groups in total. The van der Waals surface area contributed by atoms with Crippen LogP contribution in [0.1, 0.15) is 40.5 Å². The van der Waals surface area contributed by atoms with E-state index in [0.717, 1.165) is 23.4 Å². The summed E-state index contributed by atoms with van der Waals surface area (Å²) in [6.07, 6.45) is 1.41. The van der Waals surface area contributed by atoms with Gasteiger partial charge in [0.25, 0.3) is 0 Å². The van der Waals surface area contributed by atoms with E-state index in [1.165, 1.54) is 0 Å². The average molecular weight is 247 g/mol. The normalized spacial score (nSPS) is 30.9. The summed E-state index contributed by atoms with van der Waals surface area (Å²) in [5, 5.41) is 3.21. The quantitative estimate of drug-likeness (QED) is 0.774. The Kier molecular flexibility index (Phi) is 2.96. The van der Waals surface area contributed by atoms with E-state index in [0.29, 0.717) is 6.42 Å². The van der Waals surface area contributed by atoms with Crippen LogP contribution in [-0.4, -0.2) is 11.6 Å². The molecule has 2 rings (SSSR count). The topological polar surface area (TPSA) is 46.2 Å². The summed E-state index contributed by atoms with van der Waals surface area (Å²) in [5.74, 6) is -0.0621. The second-order valence-electron chi connectivity index (χ2n) is 6.36. The van der Waals surface area contributed by atoms with Crippen LogP contribution in [0.4, 0.5) is 0 Å². The third-order valence-electron chi connectivity index (χ3n) is 4.00. The van der Waals surface area contributed by atoms with Gasteiger partial charge in [-0.1, -0.05) is 27.4 Å². The lowest BCUT2D eigenvalue weighted by Gasteiger charge is -2.41. The van der Waals surface area contributed by atoms with E-state index in [2.05, 4.69) is 25.7 Å². The van der Waals surface area contributed by atoms with Crippen molar-refractivity contribution in [2.24, 2.45) is 17.3 Å². The summed E-state index contributed by atoms with van der Waals surface area (Å²) in [6, 6.07) is 0. The van der Waals surface area contributed by atoms with Gasteiger partial charge in [-0.2, -0.15) is 0 Å². The second kappa shape index (κ2) is 4.08. The van der Waals surface area contributed by atoms with Gasteiger partial charge in [0.1, 0.15) is 5.78 Å². The van der Waals surface area contributed by atoms with Crippen LogP contribution in [0.5, 0.6) is 0 Å². The van der Waals surface area contributed by atoms with Crippen LogP contribution in [-0.2, 0) is 9.59 Å². The fourth-order valence-corrected chi connectivity index (χ4v) is 3.31. The number of allylic oxidation sites excluding steroid dienone is 3. The molecule has 0 aromatic carbocycles. The smallest absolute Gasteiger partial charge is 0.161 e. The molecule has 18 heavy (non-hydrogen) atoms. The molecule has 98 valence electrons. The van der Waals surface area contributed by atoms with Crippen molar-refractivity contribution in [2.75, 3.05) is 0 Å². The lowest BCUT2D eigenvalue weighted by molar-refractivity contribution is -0.122. The van der Waals surface area contributed by atoms with Crippen molar-refractivity contribution in [3.8, 4) is 0 Å². The van der Waals surface area contributed by atoms with Crippen molar-refractivity contribution in [3.63, 3.8) is 0 Å². The van der Waals surface area contributed by atoms with Crippen LogP contribution in [0.3, 0.4) is 0 Å². The molecule has 0 aromatic heterocycles. The zero-order valence-corrected chi connectivity index (χ0v) is 11.6. The van der Waals surface area contributed by atoms with Gasteiger partial charge in [0.05, 0.1) is 5.92 Å². The molecular weight excluding hydrogens is 226 g/mol. The van der Waals surface area contributed by atoms with Gasteiger partial charge >= 0.3 is 0 Å². The second-order valence-corrected chi connectivity index (χ2v) is 6.36. The molecule has 0 spiro atoms. The molecule has 3 nitrogen and oxygen atoms in total. The summed E-state index contributed by atoms with van der Waals surface area (Å²) in [5.41, 5.74) is 2.53. The number of hydrogen-bond donors (Lipinski definition) is 1. The maximum absolute atomic E-state index is 12.3. The van der Waals surface area contributed by atoms with Crippen molar-refractivity contribution in [1.82, 2.24) is 5.32 Å². The van der Waals surface area contributed by atoms with Gasteiger partial charge in [-0.3, -0.25) is 9.59 Å². The highest BCUT2D eigenvalue weighted by Gasteiger charge is 2.42. The first kappa shape index (κ1) is 13.1. The Balaban J connectivity index is 2.45. The van der Waals surface area contributed by atoms with Gasteiger partial charge in [-0.25, -0.2) is 0 Å². The predicted molar refractivity (Wildman–Crippen MR) is 70.7 cm³/mol. The summed E-state index contributed by atoms with van der Waals surface area (Å²) in [4.78, 5) is 24.0. The van der Waals surface area contributed by atoms with Gasteiger partial charge in [0.2, 0.25) is 0 Å². The molecule has 0 bridgehead atoms. The predicted octanol–water partition coefficient (Wildman–Crippen LogP) is 2.59. The first-order valence-corrected chi connectivity index (χ1v) is 6.45. The summed E-state index contributed by atoms with van der Waals surface area (Å²) < 4.78 is 0. The Labute approximate surface area is 108 Å². The molecule has 1 heterocycles. The molecule has 0 radical (unpaired) electrons. The standard InChI is InChI=1S/C15H21NO2/c1-8-13(10(3)17)9(2)16-11-6-15(4,5)7-12(18)14(8)11/h8,13,16H,2,6-7H2,1,3-5H3. The lowest BCUT2D eigenvalue weighted by Crippen LogP contribution is -2.42. The highest BCUT2D eigenvalue weighted by molar-refractivity contribution is 5.99. The molecule has 0 saturated carbocycles. The number of rotatable bonds is 1. The largest absolute Gasteiger partial charge is 0.362 e. The van der Waals surface area contributed by atoms with E-state index in [1.54, 1.807) is 6.92 Å². The number of ketones is 2. The van der Waals surface area contributed by atoms with Crippen LogP contribution >= 0.6 is 0 Å². The number of carbonyl (C=O) groups excluding carboxylic acids is 2. The maximum atomic E-state index is 12.3. The van der Waals surface area contributed by atoms with Gasteiger partial charge in [0, 0.05) is 29.3 Å². The Morgan fingerprint density at radius 3 is 2.56 bits per heavy atom. The first-order chi connectivity index (χ1) is 8.23. The zero-order chi connectivity index (χ0) is 13.7. The Morgan fingerprint density at radius 2 is 2.00 bits per heavy atom. The van der Waals surface area contributed by atoms with E-state index < -0.39 is 0 Å². The fourth-order valence-electron chi connectivity index (χ4n) is 3.31. The summed E-state index contributed by atoms with van der Waals surface area (Å²) in [7, 11) is 0. The third kappa shape index (κ3) is 2.02. The molecule has 2 aliphatic rings. The number of carbonyl (C=O) groups is 2. The molecule has 2 unspecified atom stereocenters. The van der Waals surface area contributed by atoms with Crippen molar-refractivity contribution >= 4 is 11.6 Å². The van der Waals surface area contributed by atoms with Gasteiger partial charge in [0.15, 0.2) is 5.78 Å². The Hall–Kier alpha value is -1.38. The minimum Gasteiger partial charge on any atom is -0.362 e. The summed E-state index contributed by atoms with van der Waals surface area (Å²) >= 11 is 0. The SMILES string of the molecule is C=C1NC2=C(C(=O)CC(C)(C)C2)C(C)C1C(C)=O. The molecule has 0 aromatic rings. The molecule has 0 fully saturated rings. The minimum absolute atomic E-state index is 0.00796. The highest BCUT2D eigenvalue weighted by atomic mass is 16.1. The lowest BCUT2D eigenvalue weighted by atomic mass is 9.68. The maximum Gasteiger partial charge on any atom is 0.161 e. The van der Waals surface area contributed by atoms with Gasteiger partial charge < -0.3 is 5.32 Å². The first-order valence-electron chi connectivity index (χ1n) is 6.45.